The molecule has 1 unspecified atom stereocenters. The van der Waals surface area contributed by atoms with E-state index in [4.69, 9.17) is 16.3 Å². The topological polar surface area (TPSA) is 79.0 Å². The first-order valence-electron chi connectivity index (χ1n) is 9.65. The SMILES string of the molecule is CC(=O)N(CC(C)CNC(=O)c1ccc(Cl)s1)c1ccc(N2CCOCC2=O)cc1. The minimum absolute atomic E-state index is 0.0359. The molecule has 1 aliphatic heterocycles. The van der Waals surface area contributed by atoms with Gasteiger partial charge in [-0.3, -0.25) is 14.4 Å². The molecule has 1 aliphatic rings. The summed E-state index contributed by atoms with van der Waals surface area (Å²) in [7, 11) is 0. The van der Waals surface area contributed by atoms with Gasteiger partial charge in [-0.25, -0.2) is 0 Å². The molecule has 0 spiro atoms. The van der Waals surface area contributed by atoms with Crippen molar-refractivity contribution >= 4 is 52.0 Å². The van der Waals surface area contributed by atoms with Crippen molar-refractivity contribution in [1.29, 1.82) is 0 Å². The van der Waals surface area contributed by atoms with Crippen molar-refractivity contribution in [2.45, 2.75) is 13.8 Å². The molecule has 0 aliphatic carbocycles. The number of morpholine rings is 1. The van der Waals surface area contributed by atoms with Gasteiger partial charge in [0.15, 0.2) is 0 Å². The molecule has 2 aromatic rings. The van der Waals surface area contributed by atoms with Gasteiger partial charge in [0.25, 0.3) is 11.8 Å². The maximum atomic E-state index is 12.2. The van der Waals surface area contributed by atoms with Gasteiger partial charge in [0.2, 0.25) is 5.91 Å². The normalized spacial score (nSPS) is 15.0. The minimum atomic E-state index is -0.173. The summed E-state index contributed by atoms with van der Waals surface area (Å²) < 4.78 is 5.73. The first kappa shape index (κ1) is 22.3. The zero-order valence-corrected chi connectivity index (χ0v) is 18.5. The van der Waals surface area contributed by atoms with E-state index in [1.54, 1.807) is 21.9 Å². The molecule has 30 heavy (non-hydrogen) atoms. The zero-order valence-electron chi connectivity index (χ0n) is 16.9. The summed E-state index contributed by atoms with van der Waals surface area (Å²) in [6.07, 6.45) is 0. The molecule has 0 bridgehead atoms. The van der Waals surface area contributed by atoms with Crippen LogP contribution in [0, 0.1) is 5.92 Å². The predicted octanol–water partition coefficient (Wildman–Crippen LogP) is 3.18. The Bertz CT molecular complexity index is 915. The van der Waals surface area contributed by atoms with Gasteiger partial charge < -0.3 is 19.9 Å². The molecule has 3 rings (SSSR count). The molecule has 160 valence electrons. The standard InChI is InChI=1S/C21H24ClN3O4S/c1-14(11-23-21(28)18-7-8-19(22)30-18)12-25(15(2)26)17-5-3-16(4-6-17)24-9-10-29-13-20(24)27/h3-8,14H,9-13H2,1-2H3,(H,23,28). The van der Waals surface area contributed by atoms with Gasteiger partial charge in [0.05, 0.1) is 15.8 Å². The van der Waals surface area contributed by atoms with Crippen molar-refractivity contribution in [2.24, 2.45) is 5.92 Å². The quantitative estimate of drug-likeness (QED) is 0.704. The average Bonchev–Trinajstić information content (AvgIpc) is 3.17. The zero-order chi connectivity index (χ0) is 21.7. The number of nitrogens with one attached hydrogen (secondary N) is 1. The van der Waals surface area contributed by atoms with Crippen LogP contribution in [-0.2, 0) is 14.3 Å². The van der Waals surface area contributed by atoms with Crippen LogP contribution in [0.3, 0.4) is 0 Å². The Kier molecular flexibility index (Phi) is 7.47. The highest BCUT2D eigenvalue weighted by Gasteiger charge is 2.21. The Labute approximate surface area is 184 Å². The van der Waals surface area contributed by atoms with Crippen molar-refractivity contribution < 1.29 is 19.1 Å². The van der Waals surface area contributed by atoms with E-state index >= 15 is 0 Å². The first-order valence-corrected chi connectivity index (χ1v) is 10.8. The molecule has 7 nitrogen and oxygen atoms in total. The highest BCUT2D eigenvalue weighted by Crippen LogP contribution is 2.23. The lowest BCUT2D eigenvalue weighted by molar-refractivity contribution is -0.125. The third-order valence-electron chi connectivity index (χ3n) is 4.74. The van der Waals surface area contributed by atoms with Gasteiger partial charge in [0, 0.05) is 37.9 Å². The third kappa shape index (κ3) is 5.59. The van der Waals surface area contributed by atoms with E-state index in [-0.39, 0.29) is 30.2 Å². The van der Waals surface area contributed by atoms with E-state index in [0.717, 1.165) is 11.4 Å². The molecule has 0 radical (unpaired) electrons. The number of hydrogen-bond acceptors (Lipinski definition) is 5. The van der Waals surface area contributed by atoms with Gasteiger partial charge >= 0.3 is 0 Å². The molecule has 1 fully saturated rings. The molecule has 1 aromatic heterocycles. The van der Waals surface area contributed by atoms with E-state index < -0.39 is 0 Å². The van der Waals surface area contributed by atoms with Crippen LogP contribution in [0.5, 0.6) is 0 Å². The number of halogens is 1. The van der Waals surface area contributed by atoms with Crippen LogP contribution in [0.15, 0.2) is 36.4 Å². The number of rotatable bonds is 7. The summed E-state index contributed by atoms with van der Waals surface area (Å²) >= 11 is 7.10. The van der Waals surface area contributed by atoms with Crippen LogP contribution in [0.1, 0.15) is 23.5 Å². The monoisotopic (exact) mass is 449 g/mol. The number of nitrogens with zero attached hydrogens (tertiary/aromatic N) is 2. The van der Waals surface area contributed by atoms with Crippen LogP contribution in [0.4, 0.5) is 11.4 Å². The van der Waals surface area contributed by atoms with Gasteiger partial charge in [-0.1, -0.05) is 18.5 Å². The number of benzene rings is 1. The minimum Gasteiger partial charge on any atom is -0.370 e. The van der Waals surface area contributed by atoms with Crippen LogP contribution in [0.25, 0.3) is 0 Å². The lowest BCUT2D eigenvalue weighted by Crippen LogP contribution is -2.41. The highest BCUT2D eigenvalue weighted by atomic mass is 35.5. The number of ether oxygens (including phenoxy) is 1. The fourth-order valence-corrected chi connectivity index (χ4v) is 4.15. The summed E-state index contributed by atoms with van der Waals surface area (Å²) in [5.41, 5.74) is 1.53. The number of carbonyl (C=O) groups excluding carboxylic acids is 3. The maximum absolute atomic E-state index is 12.2. The Morgan fingerprint density at radius 2 is 2.00 bits per heavy atom. The summed E-state index contributed by atoms with van der Waals surface area (Å²) in [6, 6.07) is 10.7. The Morgan fingerprint density at radius 3 is 2.60 bits per heavy atom. The molecule has 3 amide bonds. The largest absolute Gasteiger partial charge is 0.370 e. The summed E-state index contributed by atoms with van der Waals surface area (Å²) in [6.45, 7) is 5.48. The lowest BCUT2D eigenvalue weighted by atomic mass is 10.1. The Morgan fingerprint density at radius 1 is 1.27 bits per heavy atom. The van der Waals surface area contributed by atoms with Gasteiger partial charge in [-0.2, -0.15) is 0 Å². The smallest absolute Gasteiger partial charge is 0.261 e. The van der Waals surface area contributed by atoms with E-state index in [2.05, 4.69) is 5.32 Å². The first-order chi connectivity index (χ1) is 14.3. The number of carbonyl (C=O) groups is 3. The van der Waals surface area contributed by atoms with E-state index in [1.165, 1.54) is 18.3 Å². The molecule has 1 saturated heterocycles. The van der Waals surface area contributed by atoms with Crippen LogP contribution >= 0.6 is 22.9 Å². The molecular weight excluding hydrogens is 426 g/mol. The number of thiophene rings is 1. The Balaban J connectivity index is 1.60. The molecule has 9 heteroatoms. The highest BCUT2D eigenvalue weighted by molar-refractivity contribution is 7.18. The summed E-state index contributed by atoms with van der Waals surface area (Å²) in [5, 5.41) is 2.88. The van der Waals surface area contributed by atoms with Crippen molar-refractivity contribution in [1.82, 2.24) is 5.32 Å². The van der Waals surface area contributed by atoms with Crippen molar-refractivity contribution in [2.75, 3.05) is 42.6 Å². The second kappa shape index (κ2) is 10.1. The fraction of sp³-hybridized carbons (Fsp3) is 0.381. The average molecular weight is 450 g/mol. The predicted molar refractivity (Wildman–Crippen MR) is 118 cm³/mol. The fourth-order valence-electron chi connectivity index (χ4n) is 3.19. The van der Waals surface area contributed by atoms with Crippen LogP contribution in [-0.4, -0.2) is 50.6 Å². The lowest BCUT2D eigenvalue weighted by Gasteiger charge is -2.28. The molecule has 2 heterocycles. The third-order valence-corrected chi connectivity index (χ3v) is 5.97. The second-order valence-corrected chi connectivity index (χ2v) is 8.88. The van der Waals surface area contributed by atoms with Crippen molar-refractivity contribution in [3.8, 4) is 0 Å². The van der Waals surface area contributed by atoms with Crippen LogP contribution in [0.2, 0.25) is 4.34 Å². The van der Waals surface area contributed by atoms with Crippen molar-refractivity contribution in [3.05, 3.63) is 45.6 Å². The van der Waals surface area contributed by atoms with Gasteiger partial charge in [0.1, 0.15) is 6.61 Å². The van der Waals surface area contributed by atoms with Crippen LogP contribution < -0.4 is 15.1 Å². The number of amides is 3. The van der Waals surface area contributed by atoms with E-state index in [0.29, 0.717) is 35.5 Å². The molecule has 0 saturated carbocycles. The second-order valence-electron chi connectivity index (χ2n) is 7.16. The number of hydrogen-bond donors (Lipinski definition) is 1. The molecule has 1 atom stereocenters. The van der Waals surface area contributed by atoms with E-state index in [1.807, 2.05) is 31.2 Å². The van der Waals surface area contributed by atoms with Gasteiger partial charge in [-0.15, -0.1) is 11.3 Å². The molecule has 1 aromatic carbocycles. The number of anilines is 2. The molecular formula is C21H24ClN3O4S. The summed E-state index contributed by atoms with van der Waals surface area (Å²) in [4.78, 5) is 40.3. The Hall–Kier alpha value is -2.42. The maximum Gasteiger partial charge on any atom is 0.261 e. The summed E-state index contributed by atoms with van der Waals surface area (Å²) in [5.74, 6) is -0.302. The van der Waals surface area contributed by atoms with Gasteiger partial charge in [-0.05, 0) is 42.3 Å². The van der Waals surface area contributed by atoms with E-state index in [9.17, 15) is 14.4 Å². The van der Waals surface area contributed by atoms with Crippen molar-refractivity contribution in [3.63, 3.8) is 0 Å². The molecule has 1 N–H and O–H groups in total.